The molecule has 0 radical (unpaired) electrons. The number of carbonyl (C=O) groups excluding carboxylic acids is 1. The highest BCUT2D eigenvalue weighted by Crippen LogP contribution is 2.19. The number of hydrogen-bond donors (Lipinski definition) is 1. The number of carbonyl (C=O) groups is 1. The summed E-state index contributed by atoms with van der Waals surface area (Å²) in [5.74, 6) is 1.72. The zero-order valence-corrected chi connectivity index (χ0v) is 18.2. The average molecular weight is 425 g/mol. The lowest BCUT2D eigenvalue weighted by molar-refractivity contribution is -0.121. The van der Waals surface area contributed by atoms with Crippen molar-refractivity contribution in [3.05, 3.63) is 65.5 Å². The van der Waals surface area contributed by atoms with Crippen LogP contribution in [0.1, 0.15) is 17.0 Å². The van der Waals surface area contributed by atoms with Crippen LogP contribution >= 0.6 is 11.8 Å². The van der Waals surface area contributed by atoms with Gasteiger partial charge in [-0.15, -0.1) is 0 Å². The van der Waals surface area contributed by atoms with Crippen LogP contribution in [0, 0.1) is 0 Å². The smallest absolute Gasteiger partial charge is 0.240 e. The summed E-state index contributed by atoms with van der Waals surface area (Å²) in [5.41, 5.74) is 4.34. The molecule has 0 saturated carbocycles. The molecule has 3 aromatic rings. The van der Waals surface area contributed by atoms with Crippen molar-refractivity contribution in [2.45, 2.75) is 25.4 Å². The van der Waals surface area contributed by atoms with Crippen molar-refractivity contribution >= 4 is 28.7 Å². The highest BCUT2D eigenvalue weighted by molar-refractivity contribution is 7.97. The van der Waals surface area contributed by atoms with Crippen LogP contribution in [-0.2, 0) is 34.9 Å². The largest absolute Gasteiger partial charge is 0.379 e. The molecule has 1 N–H and O–H groups in total. The van der Waals surface area contributed by atoms with Gasteiger partial charge < -0.3 is 14.6 Å². The molecule has 1 fully saturated rings. The zero-order valence-electron chi connectivity index (χ0n) is 17.3. The number of imidazole rings is 1. The molecule has 1 aliphatic rings. The van der Waals surface area contributed by atoms with Crippen molar-refractivity contribution in [3.8, 4) is 0 Å². The molecule has 6 nitrogen and oxygen atoms in total. The Kier molecular flexibility index (Phi) is 7.04. The van der Waals surface area contributed by atoms with Crippen molar-refractivity contribution < 1.29 is 9.53 Å². The van der Waals surface area contributed by atoms with Gasteiger partial charge in [-0.1, -0.05) is 36.4 Å². The first-order chi connectivity index (χ1) is 14.7. The van der Waals surface area contributed by atoms with E-state index >= 15 is 0 Å². The van der Waals surface area contributed by atoms with Gasteiger partial charge in [-0.25, -0.2) is 4.98 Å². The molecule has 1 aromatic heterocycles. The standard InChI is InChI=1S/C23H28N4O2S/c1-30-17-22-25-20-4-2-3-5-21(20)27(22)16-23(28)24-14-18-6-8-19(9-7-18)15-26-10-12-29-13-11-26/h2-9H,10-17H2,1H3,(H,24,28). The van der Waals surface area contributed by atoms with E-state index < -0.39 is 0 Å². The number of thioether (sulfide) groups is 1. The van der Waals surface area contributed by atoms with Gasteiger partial charge in [-0.2, -0.15) is 11.8 Å². The topological polar surface area (TPSA) is 59.4 Å². The van der Waals surface area contributed by atoms with Crippen LogP contribution in [0.3, 0.4) is 0 Å². The molecule has 2 aromatic carbocycles. The SMILES string of the molecule is CSCc1nc2ccccc2n1CC(=O)NCc1ccc(CN2CCOCC2)cc1. The van der Waals surface area contributed by atoms with Gasteiger partial charge in [0, 0.05) is 26.2 Å². The van der Waals surface area contributed by atoms with Gasteiger partial charge in [0.1, 0.15) is 12.4 Å². The molecule has 158 valence electrons. The molecule has 0 unspecified atom stereocenters. The maximum absolute atomic E-state index is 12.6. The number of morpholine rings is 1. The summed E-state index contributed by atoms with van der Waals surface area (Å²) in [4.78, 5) is 19.7. The van der Waals surface area contributed by atoms with Crippen LogP contribution in [0.15, 0.2) is 48.5 Å². The number of amides is 1. The van der Waals surface area contributed by atoms with Crippen molar-refractivity contribution in [2.75, 3.05) is 32.6 Å². The first kappa shape index (κ1) is 20.9. The minimum absolute atomic E-state index is 0.00195. The Morgan fingerprint density at radius 2 is 1.83 bits per heavy atom. The predicted molar refractivity (Wildman–Crippen MR) is 121 cm³/mol. The maximum Gasteiger partial charge on any atom is 0.240 e. The van der Waals surface area contributed by atoms with E-state index in [2.05, 4.69) is 39.5 Å². The van der Waals surface area contributed by atoms with Gasteiger partial charge in [-0.3, -0.25) is 9.69 Å². The summed E-state index contributed by atoms with van der Waals surface area (Å²) in [6.07, 6.45) is 2.05. The lowest BCUT2D eigenvalue weighted by Crippen LogP contribution is -2.35. The fraction of sp³-hybridized carbons (Fsp3) is 0.391. The van der Waals surface area contributed by atoms with E-state index in [0.29, 0.717) is 6.54 Å². The third-order valence-corrected chi connectivity index (χ3v) is 5.88. The second-order valence-electron chi connectivity index (χ2n) is 7.52. The highest BCUT2D eigenvalue weighted by Gasteiger charge is 2.13. The van der Waals surface area contributed by atoms with Gasteiger partial charge in [0.2, 0.25) is 5.91 Å². The molecule has 1 aliphatic heterocycles. The first-order valence-electron chi connectivity index (χ1n) is 10.3. The average Bonchev–Trinajstić information content (AvgIpc) is 3.11. The summed E-state index contributed by atoms with van der Waals surface area (Å²) in [7, 11) is 0. The zero-order chi connectivity index (χ0) is 20.8. The number of ether oxygens (including phenoxy) is 1. The first-order valence-corrected chi connectivity index (χ1v) is 11.7. The Hall–Kier alpha value is -2.35. The van der Waals surface area contributed by atoms with Crippen molar-refractivity contribution in [2.24, 2.45) is 0 Å². The molecule has 0 aliphatic carbocycles. The molecule has 30 heavy (non-hydrogen) atoms. The van der Waals surface area contributed by atoms with E-state index in [4.69, 9.17) is 4.74 Å². The van der Waals surface area contributed by atoms with E-state index in [0.717, 1.165) is 61.0 Å². The second kappa shape index (κ2) is 10.1. The molecule has 1 amide bonds. The van der Waals surface area contributed by atoms with Crippen LogP contribution in [-0.4, -0.2) is 52.9 Å². The minimum Gasteiger partial charge on any atom is -0.379 e. The minimum atomic E-state index is -0.00195. The van der Waals surface area contributed by atoms with E-state index in [9.17, 15) is 4.79 Å². The Morgan fingerprint density at radius 1 is 1.10 bits per heavy atom. The van der Waals surface area contributed by atoms with Crippen molar-refractivity contribution in [1.29, 1.82) is 0 Å². The van der Waals surface area contributed by atoms with E-state index in [1.807, 2.05) is 35.1 Å². The lowest BCUT2D eigenvalue weighted by Gasteiger charge is -2.26. The Labute approximate surface area is 181 Å². The molecule has 7 heteroatoms. The summed E-state index contributed by atoms with van der Waals surface area (Å²) in [5, 5.41) is 3.05. The lowest BCUT2D eigenvalue weighted by atomic mass is 10.1. The summed E-state index contributed by atoms with van der Waals surface area (Å²) >= 11 is 1.71. The molecule has 1 saturated heterocycles. The molecule has 0 atom stereocenters. The van der Waals surface area contributed by atoms with Gasteiger partial charge in [-0.05, 0) is 29.5 Å². The number of hydrogen-bond acceptors (Lipinski definition) is 5. The predicted octanol–water partition coefficient (Wildman–Crippen LogP) is 3.05. The Bertz CT molecular complexity index is 981. The molecular formula is C23H28N4O2S. The van der Waals surface area contributed by atoms with Gasteiger partial charge in [0.05, 0.1) is 30.0 Å². The van der Waals surface area contributed by atoms with Crippen LogP contribution < -0.4 is 5.32 Å². The second-order valence-corrected chi connectivity index (χ2v) is 8.38. The van der Waals surface area contributed by atoms with Crippen LogP contribution in [0.5, 0.6) is 0 Å². The molecule has 0 bridgehead atoms. The normalized spacial score (nSPS) is 14.8. The highest BCUT2D eigenvalue weighted by atomic mass is 32.2. The molecular weight excluding hydrogens is 396 g/mol. The molecule has 0 spiro atoms. The summed E-state index contributed by atoms with van der Waals surface area (Å²) in [6.45, 7) is 5.36. The van der Waals surface area contributed by atoms with Gasteiger partial charge in [0.25, 0.3) is 0 Å². The number of aromatic nitrogens is 2. The third-order valence-electron chi connectivity index (χ3n) is 5.33. The van der Waals surface area contributed by atoms with Crippen LogP contribution in [0.4, 0.5) is 0 Å². The molecule has 2 heterocycles. The van der Waals surface area contributed by atoms with E-state index in [1.165, 1.54) is 5.56 Å². The van der Waals surface area contributed by atoms with Crippen molar-refractivity contribution in [3.63, 3.8) is 0 Å². The Morgan fingerprint density at radius 3 is 2.60 bits per heavy atom. The molecule has 4 rings (SSSR count). The quantitative estimate of drug-likeness (QED) is 0.602. The van der Waals surface area contributed by atoms with Gasteiger partial charge >= 0.3 is 0 Å². The van der Waals surface area contributed by atoms with Crippen LogP contribution in [0.25, 0.3) is 11.0 Å². The number of nitrogens with one attached hydrogen (secondary N) is 1. The Balaban J connectivity index is 1.34. The number of para-hydroxylation sites is 2. The monoisotopic (exact) mass is 424 g/mol. The van der Waals surface area contributed by atoms with E-state index in [-0.39, 0.29) is 12.5 Å². The fourth-order valence-electron chi connectivity index (χ4n) is 3.72. The maximum atomic E-state index is 12.6. The third kappa shape index (κ3) is 5.22. The van der Waals surface area contributed by atoms with E-state index in [1.54, 1.807) is 11.8 Å². The summed E-state index contributed by atoms with van der Waals surface area (Å²) in [6, 6.07) is 16.5. The summed E-state index contributed by atoms with van der Waals surface area (Å²) < 4.78 is 7.42. The van der Waals surface area contributed by atoms with Crippen LogP contribution in [0.2, 0.25) is 0 Å². The number of nitrogens with zero attached hydrogens (tertiary/aromatic N) is 3. The number of fused-ring (bicyclic) bond motifs is 1. The number of benzene rings is 2. The van der Waals surface area contributed by atoms with Gasteiger partial charge in [0.15, 0.2) is 0 Å². The van der Waals surface area contributed by atoms with Crippen molar-refractivity contribution in [1.82, 2.24) is 19.8 Å². The fourth-order valence-corrected chi connectivity index (χ4v) is 4.20. The number of rotatable bonds is 8.